The number of hydrogen-bond acceptors (Lipinski definition) is 3. The van der Waals surface area contributed by atoms with E-state index in [2.05, 4.69) is 0 Å². The van der Waals surface area contributed by atoms with Crippen LogP contribution in [0.2, 0.25) is 0 Å². The molecular formula is C12H22N2O3. The summed E-state index contributed by atoms with van der Waals surface area (Å²) in [6, 6.07) is -0.139. The van der Waals surface area contributed by atoms with Gasteiger partial charge in [-0.05, 0) is 26.2 Å². The molecule has 1 aliphatic heterocycles. The molecule has 0 aromatic rings. The molecule has 0 spiro atoms. The van der Waals surface area contributed by atoms with Crippen LogP contribution in [0.4, 0.5) is 0 Å². The lowest BCUT2D eigenvalue weighted by atomic mass is 9.76. The van der Waals surface area contributed by atoms with E-state index in [9.17, 15) is 14.7 Å². The number of nitrogens with zero attached hydrogens (tertiary/aromatic N) is 1. The molecule has 0 bridgehead atoms. The average molecular weight is 242 g/mol. The molecule has 1 rings (SSSR count). The van der Waals surface area contributed by atoms with Gasteiger partial charge in [0.25, 0.3) is 0 Å². The predicted octanol–water partition coefficient (Wildman–Crippen LogP) is 0.827. The fraction of sp³-hybridized carbons (Fsp3) is 0.833. The Bertz CT molecular complexity index is 294. The minimum atomic E-state index is -0.737. The number of carbonyl (C=O) groups is 2. The first-order valence-corrected chi connectivity index (χ1v) is 6.18. The Hall–Kier alpha value is -1.10. The van der Waals surface area contributed by atoms with Crippen molar-refractivity contribution in [2.45, 2.75) is 45.6 Å². The van der Waals surface area contributed by atoms with Crippen molar-refractivity contribution in [1.82, 2.24) is 4.90 Å². The van der Waals surface area contributed by atoms with Gasteiger partial charge >= 0.3 is 5.97 Å². The third-order valence-corrected chi connectivity index (χ3v) is 3.70. The van der Waals surface area contributed by atoms with Crippen LogP contribution in [0.3, 0.4) is 0 Å². The number of amides is 1. The maximum atomic E-state index is 11.8. The Labute approximate surface area is 102 Å². The van der Waals surface area contributed by atoms with E-state index in [0.717, 1.165) is 0 Å². The summed E-state index contributed by atoms with van der Waals surface area (Å²) in [6.07, 6.45) is 2.05. The number of carbonyl (C=O) groups excluding carboxylic acids is 1. The Morgan fingerprint density at radius 1 is 1.41 bits per heavy atom. The molecule has 5 heteroatoms. The average Bonchev–Trinajstić information content (AvgIpc) is 2.28. The molecule has 0 aromatic carbocycles. The van der Waals surface area contributed by atoms with Gasteiger partial charge in [-0.2, -0.15) is 0 Å². The number of likely N-dealkylation sites (tertiary alicyclic amines) is 1. The van der Waals surface area contributed by atoms with Crippen LogP contribution in [0.25, 0.3) is 0 Å². The molecule has 1 fully saturated rings. The summed E-state index contributed by atoms with van der Waals surface area (Å²) in [5, 5.41) is 9.24. The lowest BCUT2D eigenvalue weighted by Gasteiger charge is -2.38. The molecule has 1 heterocycles. The molecule has 17 heavy (non-hydrogen) atoms. The molecular weight excluding hydrogens is 220 g/mol. The summed E-state index contributed by atoms with van der Waals surface area (Å²) >= 11 is 0. The van der Waals surface area contributed by atoms with Gasteiger partial charge in [0.15, 0.2) is 0 Å². The molecule has 0 radical (unpaired) electrons. The Morgan fingerprint density at radius 2 is 1.94 bits per heavy atom. The molecule has 1 unspecified atom stereocenters. The van der Waals surface area contributed by atoms with E-state index in [0.29, 0.717) is 38.8 Å². The van der Waals surface area contributed by atoms with Gasteiger partial charge in [0.1, 0.15) is 0 Å². The van der Waals surface area contributed by atoms with E-state index in [1.807, 2.05) is 6.92 Å². The van der Waals surface area contributed by atoms with Crippen LogP contribution in [0, 0.1) is 5.41 Å². The minimum Gasteiger partial charge on any atom is -0.481 e. The summed E-state index contributed by atoms with van der Waals surface area (Å²) < 4.78 is 0. The first-order chi connectivity index (χ1) is 7.91. The molecule has 0 aliphatic carbocycles. The molecule has 0 saturated carbocycles. The van der Waals surface area contributed by atoms with Crippen LogP contribution in [0.1, 0.15) is 39.5 Å². The number of carboxylic acids is 1. The highest BCUT2D eigenvalue weighted by Gasteiger charge is 2.40. The van der Waals surface area contributed by atoms with Crippen LogP contribution in [0.5, 0.6) is 0 Å². The van der Waals surface area contributed by atoms with Crippen molar-refractivity contribution in [3.8, 4) is 0 Å². The fourth-order valence-electron chi connectivity index (χ4n) is 2.31. The summed E-state index contributed by atoms with van der Waals surface area (Å²) in [7, 11) is 0. The number of hydrogen-bond donors (Lipinski definition) is 2. The Balaban J connectivity index is 2.55. The standard InChI is InChI=1S/C12H22N2O3/c1-3-12(11(16)17)4-6-14(7-5-12)10(15)8-9(2)13/h9H,3-8,13H2,1-2H3,(H,16,17). The Morgan fingerprint density at radius 3 is 2.29 bits per heavy atom. The quantitative estimate of drug-likeness (QED) is 0.764. The molecule has 3 N–H and O–H groups in total. The van der Waals surface area contributed by atoms with Crippen molar-refractivity contribution >= 4 is 11.9 Å². The number of rotatable bonds is 4. The predicted molar refractivity (Wildman–Crippen MR) is 64.4 cm³/mol. The van der Waals surface area contributed by atoms with E-state index in [1.54, 1.807) is 11.8 Å². The molecule has 98 valence electrons. The smallest absolute Gasteiger partial charge is 0.309 e. The van der Waals surface area contributed by atoms with Gasteiger partial charge in [-0.25, -0.2) is 0 Å². The highest BCUT2D eigenvalue weighted by Crippen LogP contribution is 2.35. The first-order valence-electron chi connectivity index (χ1n) is 6.18. The molecule has 1 atom stereocenters. The third-order valence-electron chi connectivity index (χ3n) is 3.70. The van der Waals surface area contributed by atoms with Gasteiger partial charge in [0.05, 0.1) is 5.41 Å². The molecule has 1 saturated heterocycles. The lowest BCUT2D eigenvalue weighted by molar-refractivity contribution is -0.154. The monoisotopic (exact) mass is 242 g/mol. The third kappa shape index (κ3) is 3.19. The van der Waals surface area contributed by atoms with Gasteiger partial charge in [0.2, 0.25) is 5.91 Å². The van der Waals surface area contributed by atoms with Gasteiger partial charge in [-0.3, -0.25) is 9.59 Å². The van der Waals surface area contributed by atoms with Crippen LogP contribution < -0.4 is 5.73 Å². The van der Waals surface area contributed by atoms with Gasteiger partial charge in [-0.1, -0.05) is 6.92 Å². The van der Waals surface area contributed by atoms with Crippen LogP contribution in [-0.2, 0) is 9.59 Å². The zero-order valence-electron chi connectivity index (χ0n) is 10.6. The number of carboxylic acid groups (broad SMARTS) is 1. The largest absolute Gasteiger partial charge is 0.481 e. The highest BCUT2D eigenvalue weighted by atomic mass is 16.4. The van der Waals surface area contributed by atoms with E-state index in [4.69, 9.17) is 5.73 Å². The van der Waals surface area contributed by atoms with Crippen LogP contribution in [0.15, 0.2) is 0 Å². The topological polar surface area (TPSA) is 83.6 Å². The summed E-state index contributed by atoms with van der Waals surface area (Å²) in [6.45, 7) is 4.76. The van der Waals surface area contributed by atoms with Gasteiger partial charge in [-0.15, -0.1) is 0 Å². The lowest BCUT2D eigenvalue weighted by Crippen LogP contribution is -2.47. The molecule has 1 amide bonds. The van der Waals surface area contributed by atoms with Crippen molar-refractivity contribution in [3.63, 3.8) is 0 Å². The summed E-state index contributed by atoms with van der Waals surface area (Å²) in [5.74, 6) is -0.700. The second-order valence-corrected chi connectivity index (χ2v) is 5.00. The second-order valence-electron chi connectivity index (χ2n) is 5.00. The fourth-order valence-corrected chi connectivity index (χ4v) is 2.31. The van der Waals surface area contributed by atoms with Crippen LogP contribution in [-0.4, -0.2) is 41.0 Å². The molecule has 5 nitrogen and oxygen atoms in total. The van der Waals surface area contributed by atoms with E-state index >= 15 is 0 Å². The minimum absolute atomic E-state index is 0.0371. The Kier molecular flexibility index (Phi) is 4.51. The van der Waals surface area contributed by atoms with Crippen LogP contribution >= 0.6 is 0 Å². The maximum Gasteiger partial charge on any atom is 0.309 e. The number of piperidine rings is 1. The zero-order valence-corrected chi connectivity index (χ0v) is 10.6. The van der Waals surface area contributed by atoms with Crippen molar-refractivity contribution < 1.29 is 14.7 Å². The van der Waals surface area contributed by atoms with E-state index in [1.165, 1.54) is 0 Å². The van der Waals surface area contributed by atoms with Gasteiger partial charge in [0, 0.05) is 25.6 Å². The maximum absolute atomic E-state index is 11.8. The second kappa shape index (κ2) is 5.49. The van der Waals surface area contributed by atoms with Gasteiger partial charge < -0.3 is 15.7 Å². The zero-order chi connectivity index (χ0) is 13.1. The first kappa shape index (κ1) is 14.0. The summed E-state index contributed by atoms with van der Waals surface area (Å²) in [5.41, 5.74) is 4.95. The summed E-state index contributed by atoms with van der Waals surface area (Å²) in [4.78, 5) is 24.8. The SMILES string of the molecule is CCC1(C(=O)O)CCN(C(=O)CC(C)N)CC1. The van der Waals surface area contributed by atoms with Crippen molar-refractivity contribution in [3.05, 3.63) is 0 Å². The number of aliphatic carboxylic acids is 1. The normalized spacial score (nSPS) is 21.0. The highest BCUT2D eigenvalue weighted by molar-refractivity contribution is 5.78. The van der Waals surface area contributed by atoms with Crippen molar-refractivity contribution in [2.75, 3.05) is 13.1 Å². The van der Waals surface area contributed by atoms with Crippen molar-refractivity contribution in [2.24, 2.45) is 11.1 Å². The van der Waals surface area contributed by atoms with Crippen molar-refractivity contribution in [1.29, 1.82) is 0 Å². The molecule has 1 aliphatic rings. The van der Waals surface area contributed by atoms with E-state index < -0.39 is 11.4 Å². The molecule has 0 aromatic heterocycles. The van der Waals surface area contributed by atoms with E-state index in [-0.39, 0.29) is 11.9 Å². The number of nitrogens with two attached hydrogens (primary N) is 1.